The summed E-state index contributed by atoms with van der Waals surface area (Å²) in [6.45, 7) is 7.48. The second kappa shape index (κ2) is 13.9. The molecule has 2 heterocycles. The number of unbranched alkanes of at least 4 members (excludes halogenated alkanes) is 10. The van der Waals surface area contributed by atoms with E-state index in [1.165, 1.54) is 64.2 Å². The largest absolute Gasteiger partial charge is 0.373 e. The zero-order valence-electron chi connectivity index (χ0n) is 17.3. The lowest BCUT2D eigenvalue weighted by Crippen LogP contribution is -2.34. The summed E-state index contributed by atoms with van der Waals surface area (Å²) in [7, 11) is 0. The van der Waals surface area contributed by atoms with Crippen LogP contribution in [0.15, 0.2) is 0 Å². The first-order chi connectivity index (χ1) is 12.9. The zero-order chi connectivity index (χ0) is 18.5. The molecule has 4 nitrogen and oxygen atoms in total. The van der Waals surface area contributed by atoms with Crippen LogP contribution in [0.25, 0.3) is 0 Å². The summed E-state index contributed by atoms with van der Waals surface area (Å²) in [5.74, 6) is 0. The highest BCUT2D eigenvalue weighted by molar-refractivity contribution is 4.95. The first-order valence-electron chi connectivity index (χ1n) is 11.3. The van der Waals surface area contributed by atoms with E-state index in [0.717, 1.165) is 26.1 Å². The molecule has 0 amide bonds. The fourth-order valence-corrected chi connectivity index (χ4v) is 3.95. The lowest BCUT2D eigenvalue weighted by molar-refractivity contribution is -0.0512. The Morgan fingerprint density at radius 1 is 0.577 bits per heavy atom. The molecule has 154 valence electrons. The highest BCUT2D eigenvalue weighted by Crippen LogP contribution is 2.30. The normalized spacial score (nSPS) is 27.9. The summed E-state index contributed by atoms with van der Waals surface area (Å²) < 4.78 is 24.0. The molecule has 0 radical (unpaired) electrons. The molecule has 4 heteroatoms. The third-order valence-corrected chi connectivity index (χ3v) is 5.62. The van der Waals surface area contributed by atoms with Gasteiger partial charge < -0.3 is 18.9 Å². The van der Waals surface area contributed by atoms with Gasteiger partial charge in [-0.2, -0.15) is 0 Å². The molecule has 0 N–H and O–H groups in total. The average Bonchev–Trinajstić information content (AvgIpc) is 3.23. The van der Waals surface area contributed by atoms with Crippen LogP contribution >= 0.6 is 0 Å². The fourth-order valence-electron chi connectivity index (χ4n) is 3.95. The van der Waals surface area contributed by atoms with Gasteiger partial charge in [0.15, 0.2) is 0 Å². The molecule has 0 bridgehead atoms. The Hall–Kier alpha value is -0.160. The highest BCUT2D eigenvalue weighted by atomic mass is 16.6. The zero-order valence-corrected chi connectivity index (χ0v) is 17.3. The van der Waals surface area contributed by atoms with Crippen LogP contribution in [0.1, 0.15) is 90.9 Å². The lowest BCUT2D eigenvalue weighted by atomic mass is 10.1. The molecule has 0 saturated carbocycles. The number of fused-ring (bicyclic) bond motifs is 1. The Morgan fingerprint density at radius 2 is 0.962 bits per heavy atom. The van der Waals surface area contributed by atoms with E-state index in [4.69, 9.17) is 18.9 Å². The maximum Gasteiger partial charge on any atom is 0.115 e. The molecule has 4 atom stereocenters. The van der Waals surface area contributed by atoms with Crippen molar-refractivity contribution in [2.45, 2.75) is 115 Å². The third-order valence-electron chi connectivity index (χ3n) is 5.62. The SMILES string of the molecule is CCCCCCCCO[C@H]1CO[C@@H]2[C@H]1OC[C@H]2OCCCCCCCC. The quantitative estimate of drug-likeness (QED) is 0.347. The Balaban J connectivity index is 1.50. The van der Waals surface area contributed by atoms with Gasteiger partial charge in [0.1, 0.15) is 24.4 Å². The third kappa shape index (κ3) is 7.84. The summed E-state index contributed by atoms with van der Waals surface area (Å²) in [5.41, 5.74) is 0. The van der Waals surface area contributed by atoms with Gasteiger partial charge in [-0.05, 0) is 12.8 Å². The minimum absolute atomic E-state index is 0.0737. The van der Waals surface area contributed by atoms with Crippen molar-refractivity contribution in [2.75, 3.05) is 26.4 Å². The molecule has 0 aliphatic carbocycles. The van der Waals surface area contributed by atoms with Crippen molar-refractivity contribution in [3.8, 4) is 0 Å². The van der Waals surface area contributed by atoms with E-state index < -0.39 is 0 Å². The highest BCUT2D eigenvalue weighted by Gasteiger charge is 2.48. The van der Waals surface area contributed by atoms with E-state index >= 15 is 0 Å². The van der Waals surface area contributed by atoms with Crippen LogP contribution in [-0.2, 0) is 18.9 Å². The molecule has 0 spiro atoms. The van der Waals surface area contributed by atoms with Crippen LogP contribution in [0.4, 0.5) is 0 Å². The van der Waals surface area contributed by atoms with E-state index in [-0.39, 0.29) is 24.4 Å². The van der Waals surface area contributed by atoms with Crippen LogP contribution < -0.4 is 0 Å². The Bertz CT molecular complexity index is 304. The van der Waals surface area contributed by atoms with Crippen LogP contribution in [0, 0.1) is 0 Å². The second-order valence-corrected chi connectivity index (χ2v) is 7.95. The van der Waals surface area contributed by atoms with E-state index in [1.807, 2.05) is 0 Å². The van der Waals surface area contributed by atoms with Crippen LogP contribution in [0.3, 0.4) is 0 Å². The van der Waals surface area contributed by atoms with Gasteiger partial charge in [-0.15, -0.1) is 0 Å². The summed E-state index contributed by atoms with van der Waals surface area (Å²) in [4.78, 5) is 0. The molecule has 2 saturated heterocycles. The summed E-state index contributed by atoms with van der Waals surface area (Å²) in [5, 5.41) is 0. The minimum Gasteiger partial charge on any atom is -0.373 e. The molecule has 2 aliphatic rings. The van der Waals surface area contributed by atoms with Gasteiger partial charge in [-0.3, -0.25) is 0 Å². The summed E-state index contributed by atoms with van der Waals surface area (Å²) in [6.07, 6.45) is 15.9. The van der Waals surface area contributed by atoms with Crippen molar-refractivity contribution in [1.82, 2.24) is 0 Å². The maximum atomic E-state index is 6.05. The van der Waals surface area contributed by atoms with E-state index in [1.54, 1.807) is 0 Å². The molecule has 0 aromatic carbocycles. The first-order valence-corrected chi connectivity index (χ1v) is 11.3. The van der Waals surface area contributed by atoms with Crippen molar-refractivity contribution in [3.63, 3.8) is 0 Å². The van der Waals surface area contributed by atoms with E-state index in [9.17, 15) is 0 Å². The van der Waals surface area contributed by atoms with Crippen LogP contribution in [0.5, 0.6) is 0 Å². The predicted molar refractivity (Wildman–Crippen MR) is 106 cm³/mol. The van der Waals surface area contributed by atoms with Gasteiger partial charge in [0, 0.05) is 13.2 Å². The Morgan fingerprint density at radius 3 is 1.38 bits per heavy atom. The summed E-state index contributed by atoms with van der Waals surface area (Å²) >= 11 is 0. The van der Waals surface area contributed by atoms with E-state index in [2.05, 4.69) is 13.8 Å². The number of rotatable bonds is 16. The van der Waals surface area contributed by atoms with E-state index in [0.29, 0.717) is 13.2 Å². The van der Waals surface area contributed by atoms with Gasteiger partial charge in [0.05, 0.1) is 13.2 Å². The Kier molecular flexibility index (Phi) is 11.9. The minimum atomic E-state index is 0.0737. The molecular formula is C22H42O4. The number of hydrogen-bond donors (Lipinski definition) is 0. The van der Waals surface area contributed by atoms with Crippen molar-refractivity contribution in [2.24, 2.45) is 0 Å². The molecule has 26 heavy (non-hydrogen) atoms. The van der Waals surface area contributed by atoms with Gasteiger partial charge in [0.2, 0.25) is 0 Å². The maximum absolute atomic E-state index is 6.05. The smallest absolute Gasteiger partial charge is 0.115 e. The molecule has 2 fully saturated rings. The predicted octanol–water partition coefficient (Wildman–Crippen LogP) is 5.28. The van der Waals surface area contributed by atoms with Crippen LogP contribution in [0.2, 0.25) is 0 Å². The van der Waals surface area contributed by atoms with Gasteiger partial charge in [-0.25, -0.2) is 0 Å². The van der Waals surface area contributed by atoms with Crippen LogP contribution in [-0.4, -0.2) is 50.8 Å². The molecule has 0 unspecified atom stereocenters. The van der Waals surface area contributed by atoms with Gasteiger partial charge in [-0.1, -0.05) is 78.1 Å². The van der Waals surface area contributed by atoms with Crippen molar-refractivity contribution in [3.05, 3.63) is 0 Å². The van der Waals surface area contributed by atoms with Gasteiger partial charge >= 0.3 is 0 Å². The van der Waals surface area contributed by atoms with Crippen molar-refractivity contribution < 1.29 is 18.9 Å². The van der Waals surface area contributed by atoms with Crippen molar-refractivity contribution >= 4 is 0 Å². The second-order valence-electron chi connectivity index (χ2n) is 7.95. The van der Waals surface area contributed by atoms with Crippen molar-refractivity contribution in [1.29, 1.82) is 0 Å². The molecule has 2 rings (SSSR count). The topological polar surface area (TPSA) is 36.9 Å². The molecular weight excluding hydrogens is 328 g/mol. The molecule has 2 aliphatic heterocycles. The molecule has 0 aromatic rings. The number of ether oxygens (including phenoxy) is 4. The summed E-state index contributed by atoms with van der Waals surface area (Å²) in [6, 6.07) is 0. The standard InChI is InChI=1S/C22H42O4/c1-3-5-7-9-11-13-15-23-19-17-25-22-20(18-26-21(19)22)24-16-14-12-10-8-6-4-2/h19-22H,3-18H2,1-2H3/t19-,20+,21-,22-/m0/s1. The molecule has 0 aromatic heterocycles. The first kappa shape index (κ1) is 22.1. The average molecular weight is 371 g/mol. The Labute approximate surface area is 161 Å². The lowest BCUT2D eigenvalue weighted by Gasteiger charge is -2.17. The van der Waals surface area contributed by atoms with Gasteiger partial charge in [0.25, 0.3) is 0 Å². The monoisotopic (exact) mass is 370 g/mol. The number of hydrogen-bond acceptors (Lipinski definition) is 4. The fraction of sp³-hybridized carbons (Fsp3) is 1.00.